The maximum Gasteiger partial charge on any atom is 0.266 e. The number of methoxy groups -OCH3 is 1. The number of hydrogen-bond donors (Lipinski definition) is 1. The summed E-state index contributed by atoms with van der Waals surface area (Å²) in [7, 11) is 1.60. The first-order valence-corrected chi connectivity index (χ1v) is 10.8. The minimum atomic E-state index is -0.234. The van der Waals surface area contributed by atoms with Crippen molar-refractivity contribution < 1.29 is 9.47 Å². The molecular formula is C23H24N4O3S. The van der Waals surface area contributed by atoms with Gasteiger partial charge in [-0.2, -0.15) is 0 Å². The Morgan fingerprint density at radius 3 is 2.42 bits per heavy atom. The highest BCUT2D eigenvalue weighted by molar-refractivity contribution is 7.99. The van der Waals surface area contributed by atoms with Gasteiger partial charge in [-0.25, -0.2) is 14.5 Å². The van der Waals surface area contributed by atoms with E-state index in [9.17, 15) is 4.79 Å². The Morgan fingerprint density at radius 1 is 1.03 bits per heavy atom. The van der Waals surface area contributed by atoms with Crippen molar-refractivity contribution in [3.05, 3.63) is 70.5 Å². The molecule has 2 aromatic heterocycles. The molecule has 0 amide bonds. The van der Waals surface area contributed by atoms with E-state index in [1.54, 1.807) is 11.6 Å². The Bertz CT molecular complexity index is 1260. The summed E-state index contributed by atoms with van der Waals surface area (Å²) in [5.41, 5.74) is 2.46. The van der Waals surface area contributed by atoms with Crippen molar-refractivity contribution >= 4 is 17.4 Å². The second-order valence-corrected chi connectivity index (χ2v) is 8.92. The number of benzene rings is 2. The molecule has 0 aliphatic heterocycles. The molecule has 7 nitrogen and oxygen atoms in total. The number of fused-ring (bicyclic) bond motifs is 1. The van der Waals surface area contributed by atoms with Crippen LogP contribution in [-0.2, 0) is 5.41 Å². The van der Waals surface area contributed by atoms with Crippen LogP contribution in [0.4, 0.5) is 0 Å². The van der Waals surface area contributed by atoms with Crippen LogP contribution in [0.5, 0.6) is 11.5 Å². The van der Waals surface area contributed by atoms with E-state index in [2.05, 4.69) is 48.0 Å². The molecule has 0 bridgehead atoms. The number of aromatic amines is 1. The Balaban J connectivity index is 1.63. The highest BCUT2D eigenvalue weighted by Crippen LogP contribution is 2.29. The van der Waals surface area contributed by atoms with Gasteiger partial charge in [-0.1, -0.05) is 57.2 Å². The second kappa shape index (κ2) is 8.47. The summed E-state index contributed by atoms with van der Waals surface area (Å²) in [5, 5.41) is 3.32. The average Bonchev–Trinajstić information content (AvgIpc) is 3.14. The molecule has 2 aromatic carbocycles. The maximum absolute atomic E-state index is 11.9. The molecule has 1 N–H and O–H groups in total. The fourth-order valence-electron chi connectivity index (χ4n) is 3.11. The van der Waals surface area contributed by atoms with Crippen LogP contribution in [0.25, 0.3) is 17.0 Å². The number of aromatic nitrogens is 4. The lowest BCUT2D eigenvalue weighted by atomic mass is 9.87. The van der Waals surface area contributed by atoms with E-state index in [0.29, 0.717) is 28.1 Å². The molecule has 4 aromatic rings. The number of ether oxygens (including phenoxy) is 2. The van der Waals surface area contributed by atoms with Crippen molar-refractivity contribution in [3.63, 3.8) is 0 Å². The number of nitrogens with zero attached hydrogens (tertiary/aromatic N) is 3. The summed E-state index contributed by atoms with van der Waals surface area (Å²) < 4.78 is 12.8. The summed E-state index contributed by atoms with van der Waals surface area (Å²) in [4.78, 5) is 21.2. The van der Waals surface area contributed by atoms with E-state index >= 15 is 0 Å². The van der Waals surface area contributed by atoms with Crippen LogP contribution < -0.4 is 15.0 Å². The van der Waals surface area contributed by atoms with Gasteiger partial charge in [0.15, 0.2) is 28.1 Å². The first-order valence-electron chi connectivity index (χ1n) is 9.84. The van der Waals surface area contributed by atoms with Gasteiger partial charge in [0.05, 0.1) is 7.11 Å². The largest absolute Gasteiger partial charge is 0.493 e. The van der Waals surface area contributed by atoms with Crippen molar-refractivity contribution in [2.45, 2.75) is 31.3 Å². The van der Waals surface area contributed by atoms with Crippen LogP contribution in [0.1, 0.15) is 26.3 Å². The Kier molecular flexibility index (Phi) is 5.73. The van der Waals surface area contributed by atoms with Crippen molar-refractivity contribution in [1.82, 2.24) is 19.6 Å². The van der Waals surface area contributed by atoms with Crippen LogP contribution in [-0.4, -0.2) is 32.6 Å². The molecule has 0 unspecified atom stereocenters. The molecule has 0 atom stereocenters. The summed E-state index contributed by atoms with van der Waals surface area (Å²) in [5.74, 6) is 2.14. The van der Waals surface area contributed by atoms with Gasteiger partial charge in [0, 0.05) is 11.6 Å². The zero-order chi connectivity index (χ0) is 22.0. The van der Waals surface area contributed by atoms with Crippen LogP contribution >= 0.6 is 11.8 Å². The van der Waals surface area contributed by atoms with E-state index in [1.807, 2.05) is 36.4 Å². The minimum Gasteiger partial charge on any atom is -0.493 e. The standard InChI is InChI=1S/C23H24N4O3S/c1-23(2,3)16-11-9-15(10-12-16)21-24-19-13-20(28)26-27(19)22(25-21)31-14-30-18-8-6-5-7-17(18)29-4/h5-13H,14H2,1-4H3,(H,26,28). The quantitative estimate of drug-likeness (QED) is 0.354. The molecule has 0 aliphatic rings. The number of hydrogen-bond acceptors (Lipinski definition) is 6. The van der Waals surface area contributed by atoms with Gasteiger partial charge in [0.1, 0.15) is 5.94 Å². The topological polar surface area (TPSA) is 81.5 Å². The van der Waals surface area contributed by atoms with E-state index in [0.717, 1.165) is 5.56 Å². The molecule has 0 aliphatic carbocycles. The van der Waals surface area contributed by atoms with Crippen LogP contribution in [0.3, 0.4) is 0 Å². The fourth-order valence-corrected chi connectivity index (χ4v) is 3.82. The number of rotatable bonds is 6. The molecule has 0 saturated carbocycles. The lowest BCUT2D eigenvalue weighted by molar-refractivity contribution is 0.344. The van der Waals surface area contributed by atoms with Crippen molar-refractivity contribution in [3.8, 4) is 22.9 Å². The van der Waals surface area contributed by atoms with Gasteiger partial charge in [-0.05, 0) is 34.9 Å². The zero-order valence-corrected chi connectivity index (χ0v) is 18.7. The van der Waals surface area contributed by atoms with E-state index < -0.39 is 0 Å². The van der Waals surface area contributed by atoms with Gasteiger partial charge >= 0.3 is 0 Å². The normalized spacial score (nSPS) is 11.6. The van der Waals surface area contributed by atoms with Crippen molar-refractivity contribution in [1.29, 1.82) is 0 Å². The summed E-state index contributed by atoms with van der Waals surface area (Å²) in [6, 6.07) is 17.1. The molecule has 2 heterocycles. The SMILES string of the molecule is COc1ccccc1OCSc1nc(-c2ccc(C(C)(C)C)cc2)nc2cc(=O)[nH]n12. The first kappa shape index (κ1) is 21.0. The van der Waals surface area contributed by atoms with Crippen molar-refractivity contribution in [2.75, 3.05) is 13.0 Å². The number of H-pyrrole nitrogens is 1. The Hall–Kier alpha value is -3.26. The highest BCUT2D eigenvalue weighted by Gasteiger charge is 2.15. The minimum absolute atomic E-state index is 0.0636. The smallest absolute Gasteiger partial charge is 0.266 e. The molecule has 0 spiro atoms. The predicted octanol–water partition coefficient (Wildman–Crippen LogP) is 4.52. The summed E-state index contributed by atoms with van der Waals surface area (Å²) >= 11 is 1.36. The lowest BCUT2D eigenvalue weighted by Crippen LogP contribution is -2.10. The van der Waals surface area contributed by atoms with Crippen molar-refractivity contribution in [2.24, 2.45) is 0 Å². The predicted molar refractivity (Wildman–Crippen MR) is 122 cm³/mol. The van der Waals surface area contributed by atoms with Gasteiger partial charge < -0.3 is 9.47 Å². The molecule has 0 saturated heterocycles. The maximum atomic E-state index is 11.9. The molecule has 8 heteroatoms. The van der Waals surface area contributed by atoms with Crippen LogP contribution in [0.15, 0.2) is 64.5 Å². The number of thioether (sulfide) groups is 1. The number of para-hydroxylation sites is 2. The third-order valence-electron chi connectivity index (χ3n) is 4.81. The number of nitrogens with one attached hydrogen (secondary N) is 1. The Morgan fingerprint density at radius 2 is 1.74 bits per heavy atom. The highest BCUT2D eigenvalue weighted by atomic mass is 32.2. The molecule has 160 valence electrons. The van der Waals surface area contributed by atoms with Crippen LogP contribution in [0.2, 0.25) is 0 Å². The molecule has 0 fully saturated rings. The molecule has 4 rings (SSSR count). The third-order valence-corrected chi connectivity index (χ3v) is 5.57. The molecular weight excluding hydrogens is 412 g/mol. The molecule has 0 radical (unpaired) electrons. The molecule has 31 heavy (non-hydrogen) atoms. The summed E-state index contributed by atoms with van der Waals surface area (Å²) in [6.45, 7) is 6.52. The van der Waals surface area contributed by atoms with Gasteiger partial charge in [-0.15, -0.1) is 0 Å². The van der Waals surface area contributed by atoms with E-state index in [-0.39, 0.29) is 16.9 Å². The van der Waals surface area contributed by atoms with E-state index in [1.165, 1.54) is 23.4 Å². The average molecular weight is 437 g/mol. The Labute approximate surface area is 184 Å². The van der Waals surface area contributed by atoms with Gasteiger partial charge in [0.2, 0.25) is 0 Å². The second-order valence-electron chi connectivity index (χ2n) is 8.03. The van der Waals surface area contributed by atoms with E-state index in [4.69, 9.17) is 9.47 Å². The van der Waals surface area contributed by atoms with Crippen LogP contribution in [0, 0.1) is 0 Å². The lowest BCUT2D eigenvalue weighted by Gasteiger charge is -2.19. The zero-order valence-electron chi connectivity index (χ0n) is 17.9. The van der Waals surface area contributed by atoms with Gasteiger partial charge in [-0.3, -0.25) is 9.89 Å². The third kappa shape index (κ3) is 4.59. The summed E-state index contributed by atoms with van der Waals surface area (Å²) in [6.07, 6.45) is 0. The monoisotopic (exact) mass is 436 g/mol. The fraction of sp³-hybridized carbons (Fsp3) is 0.261. The first-order chi connectivity index (χ1) is 14.8. The van der Waals surface area contributed by atoms with Gasteiger partial charge in [0.25, 0.3) is 5.56 Å².